The quantitative estimate of drug-likeness (QED) is 0.622. The molecule has 0 radical (unpaired) electrons. The van der Waals surface area contributed by atoms with Gasteiger partial charge in [0.2, 0.25) is 5.91 Å². The molecule has 0 N–H and O–H groups in total. The maximum absolute atomic E-state index is 13.5. The van der Waals surface area contributed by atoms with Crippen LogP contribution < -0.4 is 11.2 Å². The molecule has 0 saturated carbocycles. The molecular formula is C18H15ClFN3O3S. The molecule has 0 fully saturated rings. The first kappa shape index (κ1) is 17.9. The molecule has 3 heterocycles. The fourth-order valence-electron chi connectivity index (χ4n) is 3.40. The van der Waals surface area contributed by atoms with Gasteiger partial charge in [-0.15, -0.1) is 11.3 Å². The Labute approximate surface area is 162 Å². The number of aromatic nitrogens is 2. The minimum Gasteiger partial charge on any atom is -0.337 e. The summed E-state index contributed by atoms with van der Waals surface area (Å²) in [6.45, 7) is 2.47. The summed E-state index contributed by atoms with van der Waals surface area (Å²) in [4.78, 5) is 40.9. The molecule has 0 aliphatic carbocycles. The first-order valence-corrected chi connectivity index (χ1v) is 9.46. The lowest BCUT2D eigenvalue weighted by Crippen LogP contribution is -2.38. The molecule has 1 amide bonds. The number of thiophene rings is 1. The van der Waals surface area contributed by atoms with E-state index in [1.165, 1.54) is 35.0 Å². The molecule has 0 atom stereocenters. The van der Waals surface area contributed by atoms with E-state index in [4.69, 9.17) is 11.6 Å². The van der Waals surface area contributed by atoms with Gasteiger partial charge in [-0.2, -0.15) is 0 Å². The third-order valence-corrected chi connectivity index (χ3v) is 6.43. The van der Waals surface area contributed by atoms with Crippen molar-refractivity contribution in [3.8, 4) is 5.69 Å². The standard InChI is InChI=1S/C18H15ClFN3O3S/c1-9(24)22-6-5-11-14(8-22)27-17-15(11)16(25)23(18(26)21(17)2)10-3-4-13(20)12(19)7-10/h3-4,7H,5-6,8H2,1-2H3. The number of carbonyl (C=O) groups is 1. The molecule has 9 heteroatoms. The van der Waals surface area contributed by atoms with Crippen molar-refractivity contribution in [1.29, 1.82) is 0 Å². The number of rotatable bonds is 1. The zero-order valence-electron chi connectivity index (χ0n) is 14.6. The molecule has 0 unspecified atom stereocenters. The molecule has 140 valence electrons. The second kappa shape index (κ2) is 6.31. The number of halogens is 2. The number of nitrogens with zero attached hydrogens (tertiary/aromatic N) is 3. The van der Waals surface area contributed by atoms with E-state index in [-0.39, 0.29) is 16.6 Å². The second-order valence-corrected chi connectivity index (χ2v) is 7.95. The minimum atomic E-state index is -0.622. The Morgan fingerprint density at radius 1 is 1.30 bits per heavy atom. The Morgan fingerprint density at radius 2 is 2.04 bits per heavy atom. The van der Waals surface area contributed by atoms with E-state index in [1.54, 1.807) is 11.9 Å². The maximum Gasteiger partial charge on any atom is 0.336 e. The summed E-state index contributed by atoms with van der Waals surface area (Å²) in [6.07, 6.45) is 0.548. The van der Waals surface area contributed by atoms with Gasteiger partial charge in [0.05, 0.1) is 22.6 Å². The lowest BCUT2D eigenvalue weighted by Gasteiger charge is -2.25. The highest BCUT2D eigenvalue weighted by Gasteiger charge is 2.26. The first-order valence-electron chi connectivity index (χ1n) is 8.27. The summed E-state index contributed by atoms with van der Waals surface area (Å²) in [5.74, 6) is -0.644. The molecule has 3 aromatic rings. The number of aryl methyl sites for hydroxylation is 1. The Morgan fingerprint density at radius 3 is 2.70 bits per heavy atom. The number of hydrogen-bond acceptors (Lipinski definition) is 4. The molecule has 0 saturated heterocycles. The van der Waals surface area contributed by atoms with E-state index in [1.807, 2.05) is 0 Å². The second-order valence-electron chi connectivity index (χ2n) is 6.46. The average molecular weight is 408 g/mol. The van der Waals surface area contributed by atoms with Crippen LogP contribution in [0.3, 0.4) is 0 Å². The molecule has 0 spiro atoms. The van der Waals surface area contributed by atoms with E-state index >= 15 is 0 Å². The Hall–Kier alpha value is -2.45. The van der Waals surface area contributed by atoms with Gasteiger partial charge in [0.25, 0.3) is 5.56 Å². The maximum atomic E-state index is 13.5. The van der Waals surface area contributed by atoms with Crippen molar-refractivity contribution in [3.63, 3.8) is 0 Å². The minimum absolute atomic E-state index is 0.0228. The van der Waals surface area contributed by atoms with Crippen LogP contribution in [0.25, 0.3) is 15.9 Å². The van der Waals surface area contributed by atoms with Crippen molar-refractivity contribution in [2.24, 2.45) is 7.05 Å². The lowest BCUT2D eigenvalue weighted by molar-refractivity contribution is -0.129. The monoisotopic (exact) mass is 407 g/mol. The van der Waals surface area contributed by atoms with E-state index in [0.717, 1.165) is 21.1 Å². The molecule has 1 aliphatic rings. The summed E-state index contributed by atoms with van der Waals surface area (Å²) in [6, 6.07) is 3.75. The zero-order chi connectivity index (χ0) is 19.5. The van der Waals surface area contributed by atoms with Crippen LogP contribution in [0.4, 0.5) is 4.39 Å². The molecule has 4 rings (SSSR count). The Balaban J connectivity index is 2.01. The number of benzene rings is 1. The summed E-state index contributed by atoms with van der Waals surface area (Å²) >= 11 is 7.19. The van der Waals surface area contributed by atoms with Crippen LogP contribution in [-0.4, -0.2) is 26.5 Å². The predicted molar refractivity (Wildman–Crippen MR) is 102 cm³/mol. The Bertz CT molecular complexity index is 1230. The molecule has 1 aromatic carbocycles. The van der Waals surface area contributed by atoms with Gasteiger partial charge >= 0.3 is 5.69 Å². The van der Waals surface area contributed by atoms with E-state index < -0.39 is 17.1 Å². The van der Waals surface area contributed by atoms with Gasteiger partial charge in [-0.25, -0.2) is 13.8 Å². The van der Waals surface area contributed by atoms with Gasteiger partial charge in [-0.3, -0.25) is 14.2 Å². The number of hydrogen-bond donors (Lipinski definition) is 0. The molecule has 6 nitrogen and oxygen atoms in total. The van der Waals surface area contributed by atoms with Gasteiger partial charge < -0.3 is 4.90 Å². The van der Waals surface area contributed by atoms with E-state index in [9.17, 15) is 18.8 Å². The van der Waals surface area contributed by atoms with Gasteiger partial charge in [0, 0.05) is 25.4 Å². The van der Waals surface area contributed by atoms with Crippen LogP contribution in [0.15, 0.2) is 27.8 Å². The number of amides is 1. The predicted octanol–water partition coefficient (Wildman–Crippen LogP) is 2.45. The lowest BCUT2D eigenvalue weighted by atomic mass is 10.1. The highest BCUT2D eigenvalue weighted by molar-refractivity contribution is 7.18. The number of fused-ring (bicyclic) bond motifs is 3. The number of carbonyl (C=O) groups excluding carboxylic acids is 1. The van der Waals surface area contributed by atoms with Gasteiger partial charge in [0.15, 0.2) is 0 Å². The third kappa shape index (κ3) is 2.71. The first-order chi connectivity index (χ1) is 12.8. The van der Waals surface area contributed by atoms with Crippen LogP contribution in [-0.2, 0) is 24.8 Å². The van der Waals surface area contributed by atoms with Gasteiger partial charge in [0.1, 0.15) is 10.6 Å². The van der Waals surface area contributed by atoms with E-state index in [0.29, 0.717) is 29.7 Å². The van der Waals surface area contributed by atoms with Crippen LogP contribution in [0.1, 0.15) is 17.4 Å². The fraction of sp³-hybridized carbons (Fsp3) is 0.278. The zero-order valence-corrected chi connectivity index (χ0v) is 16.2. The van der Waals surface area contributed by atoms with E-state index in [2.05, 4.69) is 0 Å². The Kier molecular flexibility index (Phi) is 4.20. The topological polar surface area (TPSA) is 64.3 Å². The molecular weight excluding hydrogens is 393 g/mol. The van der Waals surface area contributed by atoms with Crippen LogP contribution in [0.5, 0.6) is 0 Å². The molecule has 0 bridgehead atoms. The van der Waals surface area contributed by atoms with Crippen molar-refractivity contribution < 1.29 is 9.18 Å². The summed E-state index contributed by atoms with van der Waals surface area (Å²) < 4.78 is 15.9. The van der Waals surface area contributed by atoms with Crippen LogP contribution >= 0.6 is 22.9 Å². The molecule has 1 aliphatic heterocycles. The summed E-state index contributed by atoms with van der Waals surface area (Å²) in [5, 5.41) is 0.312. The fourth-order valence-corrected chi connectivity index (χ4v) is 4.89. The average Bonchev–Trinajstić information content (AvgIpc) is 3.02. The highest BCUT2D eigenvalue weighted by Crippen LogP contribution is 2.33. The highest BCUT2D eigenvalue weighted by atomic mass is 35.5. The van der Waals surface area contributed by atoms with Crippen molar-refractivity contribution in [2.75, 3.05) is 6.54 Å². The van der Waals surface area contributed by atoms with Crippen LogP contribution in [0.2, 0.25) is 5.02 Å². The largest absolute Gasteiger partial charge is 0.337 e. The normalized spacial score (nSPS) is 13.9. The van der Waals surface area contributed by atoms with Crippen LogP contribution in [0, 0.1) is 5.82 Å². The van der Waals surface area contributed by atoms with Gasteiger partial charge in [-0.1, -0.05) is 11.6 Å². The summed E-state index contributed by atoms with van der Waals surface area (Å²) in [7, 11) is 1.59. The van der Waals surface area contributed by atoms with Gasteiger partial charge in [-0.05, 0) is 30.2 Å². The molecule has 2 aromatic heterocycles. The smallest absolute Gasteiger partial charge is 0.336 e. The summed E-state index contributed by atoms with van der Waals surface area (Å²) in [5.41, 5.74) is 0.104. The molecule has 27 heavy (non-hydrogen) atoms. The van der Waals surface area contributed by atoms with Crippen molar-refractivity contribution in [1.82, 2.24) is 14.0 Å². The van der Waals surface area contributed by atoms with Crippen molar-refractivity contribution >= 4 is 39.1 Å². The van der Waals surface area contributed by atoms with Crippen molar-refractivity contribution in [3.05, 3.63) is 60.3 Å². The third-order valence-electron chi connectivity index (χ3n) is 4.84. The van der Waals surface area contributed by atoms with Crippen molar-refractivity contribution in [2.45, 2.75) is 19.9 Å². The SMILES string of the molecule is CC(=O)N1CCc2c(sc3c2c(=O)n(-c2ccc(F)c(Cl)c2)c(=O)n3C)C1.